The molecule has 0 radical (unpaired) electrons. The number of carbonyl (C=O) groups is 2. The lowest BCUT2D eigenvalue weighted by Gasteiger charge is -2.26. The number of rotatable bonds is 5. The SMILES string of the molecule is CNS(=O)(=O)c1ccc(CCC(=O)N2CCOc3ccccc3Oc3ncccc3C(=O)N(C)CC2)cc1. The summed E-state index contributed by atoms with van der Waals surface area (Å²) in [6.45, 7) is 1.18. The topological polar surface area (TPSA) is 118 Å². The Kier molecular flexibility index (Phi) is 8.59. The number of para-hydroxylation sites is 2. The minimum atomic E-state index is -3.52. The van der Waals surface area contributed by atoms with Crippen LogP contribution in [0.5, 0.6) is 17.4 Å². The van der Waals surface area contributed by atoms with E-state index in [1.165, 1.54) is 24.1 Å². The van der Waals surface area contributed by atoms with E-state index in [4.69, 9.17) is 9.47 Å². The number of fused-ring (bicyclic) bond motifs is 2. The molecule has 0 bridgehead atoms. The Balaban J connectivity index is 1.49. The van der Waals surface area contributed by atoms with Crippen molar-refractivity contribution in [3.05, 3.63) is 78.0 Å². The Morgan fingerprint density at radius 1 is 1.00 bits per heavy atom. The Morgan fingerprint density at radius 3 is 2.47 bits per heavy atom. The summed E-state index contributed by atoms with van der Waals surface area (Å²) < 4.78 is 38.1. The van der Waals surface area contributed by atoms with Crippen molar-refractivity contribution < 1.29 is 27.5 Å². The first kappa shape index (κ1) is 27.1. The number of benzene rings is 2. The number of sulfonamides is 1. The van der Waals surface area contributed by atoms with E-state index in [9.17, 15) is 18.0 Å². The monoisotopic (exact) mass is 538 g/mol. The minimum Gasteiger partial charge on any atom is -0.488 e. The van der Waals surface area contributed by atoms with Gasteiger partial charge in [-0.25, -0.2) is 18.1 Å². The highest BCUT2D eigenvalue weighted by atomic mass is 32.2. The molecular weight excluding hydrogens is 508 g/mol. The molecule has 3 aromatic rings. The number of hydrogen-bond acceptors (Lipinski definition) is 7. The molecule has 0 fully saturated rings. The number of pyridine rings is 1. The van der Waals surface area contributed by atoms with Crippen LogP contribution in [-0.2, 0) is 21.2 Å². The molecule has 1 aliphatic rings. The van der Waals surface area contributed by atoms with E-state index in [-0.39, 0.29) is 35.6 Å². The standard InChI is InChI=1S/C27H30N4O6S/c1-28-38(34,35)21-12-9-20(10-13-21)11-14-25(32)31-17-16-30(2)27(33)22-6-5-15-29-26(22)37-24-8-4-3-7-23(24)36-19-18-31/h3-10,12-13,15,28H,11,14,16-19H2,1-2H3. The van der Waals surface area contributed by atoms with Crippen LogP contribution >= 0.6 is 0 Å². The van der Waals surface area contributed by atoms with Crippen LogP contribution in [0.25, 0.3) is 0 Å². The van der Waals surface area contributed by atoms with Crippen molar-refractivity contribution in [2.24, 2.45) is 0 Å². The molecule has 200 valence electrons. The molecular formula is C27H30N4O6S. The van der Waals surface area contributed by atoms with Gasteiger partial charge in [-0.15, -0.1) is 0 Å². The maximum atomic E-state index is 13.2. The van der Waals surface area contributed by atoms with E-state index in [2.05, 4.69) is 9.71 Å². The molecule has 0 atom stereocenters. The maximum absolute atomic E-state index is 13.2. The molecule has 0 aliphatic carbocycles. The van der Waals surface area contributed by atoms with Gasteiger partial charge in [0.1, 0.15) is 12.2 Å². The molecule has 0 unspecified atom stereocenters. The van der Waals surface area contributed by atoms with Crippen LogP contribution in [-0.4, -0.2) is 75.4 Å². The zero-order valence-corrected chi connectivity index (χ0v) is 22.1. The molecule has 0 spiro atoms. The first-order valence-corrected chi connectivity index (χ1v) is 13.7. The second kappa shape index (κ2) is 12.1. The summed E-state index contributed by atoms with van der Waals surface area (Å²) in [5.74, 6) is 0.718. The fraction of sp³-hybridized carbons (Fsp3) is 0.296. The number of likely N-dealkylation sites (N-methyl/N-ethyl adjacent to an activating group) is 1. The molecule has 0 saturated carbocycles. The summed E-state index contributed by atoms with van der Waals surface area (Å²) in [6, 6.07) is 16.9. The van der Waals surface area contributed by atoms with Crippen molar-refractivity contribution in [1.82, 2.24) is 19.5 Å². The molecule has 2 aromatic carbocycles. The lowest BCUT2D eigenvalue weighted by molar-refractivity contribution is -0.131. The van der Waals surface area contributed by atoms with Gasteiger partial charge in [0, 0.05) is 32.8 Å². The quantitative estimate of drug-likeness (QED) is 0.531. The van der Waals surface area contributed by atoms with Crippen LogP contribution in [0.2, 0.25) is 0 Å². The summed E-state index contributed by atoms with van der Waals surface area (Å²) in [5, 5.41) is 0. The van der Waals surface area contributed by atoms with Crippen LogP contribution in [0, 0.1) is 0 Å². The highest BCUT2D eigenvalue weighted by Crippen LogP contribution is 2.32. The van der Waals surface area contributed by atoms with Gasteiger partial charge < -0.3 is 19.3 Å². The van der Waals surface area contributed by atoms with Crippen molar-refractivity contribution in [1.29, 1.82) is 0 Å². The normalized spacial score (nSPS) is 14.6. The molecule has 0 saturated heterocycles. The smallest absolute Gasteiger partial charge is 0.259 e. The third kappa shape index (κ3) is 6.48. The fourth-order valence-corrected chi connectivity index (χ4v) is 4.69. The number of aryl methyl sites for hydroxylation is 1. The zero-order valence-electron chi connectivity index (χ0n) is 21.3. The maximum Gasteiger partial charge on any atom is 0.259 e. The van der Waals surface area contributed by atoms with Crippen LogP contribution in [0.1, 0.15) is 22.3 Å². The van der Waals surface area contributed by atoms with Crippen molar-refractivity contribution in [3.8, 4) is 17.4 Å². The van der Waals surface area contributed by atoms with Gasteiger partial charge >= 0.3 is 0 Å². The fourth-order valence-electron chi connectivity index (χ4n) is 3.96. The predicted octanol–water partition coefficient (Wildman–Crippen LogP) is 2.71. The second-order valence-corrected chi connectivity index (χ2v) is 10.6. The summed E-state index contributed by atoms with van der Waals surface area (Å²) in [4.78, 5) is 34.0. The van der Waals surface area contributed by atoms with Crippen LogP contribution in [0.15, 0.2) is 71.8 Å². The number of nitrogens with one attached hydrogen (secondary N) is 1. The number of nitrogens with zero attached hydrogens (tertiary/aromatic N) is 3. The molecule has 38 heavy (non-hydrogen) atoms. The molecule has 2 amide bonds. The minimum absolute atomic E-state index is 0.0946. The molecule has 11 heteroatoms. The number of aromatic nitrogens is 1. The Morgan fingerprint density at radius 2 is 1.74 bits per heavy atom. The lowest BCUT2D eigenvalue weighted by Crippen LogP contribution is -2.41. The van der Waals surface area contributed by atoms with E-state index in [1.807, 2.05) is 6.07 Å². The predicted molar refractivity (Wildman–Crippen MR) is 141 cm³/mol. The third-order valence-electron chi connectivity index (χ3n) is 6.21. The number of amides is 2. The highest BCUT2D eigenvalue weighted by Gasteiger charge is 2.22. The Hall–Kier alpha value is -3.96. The van der Waals surface area contributed by atoms with Crippen LogP contribution in [0.4, 0.5) is 0 Å². The zero-order chi connectivity index (χ0) is 27.1. The van der Waals surface area contributed by atoms with E-state index >= 15 is 0 Å². The van der Waals surface area contributed by atoms with Gasteiger partial charge in [0.15, 0.2) is 11.5 Å². The molecule has 1 N–H and O–H groups in total. The van der Waals surface area contributed by atoms with Gasteiger partial charge in [0.25, 0.3) is 5.91 Å². The van der Waals surface area contributed by atoms with Crippen molar-refractivity contribution in [2.75, 3.05) is 40.3 Å². The first-order valence-electron chi connectivity index (χ1n) is 12.2. The van der Waals surface area contributed by atoms with Gasteiger partial charge in [-0.1, -0.05) is 24.3 Å². The van der Waals surface area contributed by atoms with Crippen molar-refractivity contribution in [2.45, 2.75) is 17.7 Å². The summed E-state index contributed by atoms with van der Waals surface area (Å²) in [7, 11) is -0.488. The Labute approximate surface area is 222 Å². The number of hydrogen-bond donors (Lipinski definition) is 1. The van der Waals surface area contributed by atoms with E-state index in [0.717, 1.165) is 5.56 Å². The van der Waals surface area contributed by atoms with Gasteiger partial charge in [-0.3, -0.25) is 9.59 Å². The van der Waals surface area contributed by atoms with Crippen molar-refractivity contribution >= 4 is 21.8 Å². The second-order valence-electron chi connectivity index (χ2n) is 8.71. The highest BCUT2D eigenvalue weighted by molar-refractivity contribution is 7.89. The van der Waals surface area contributed by atoms with Crippen molar-refractivity contribution in [3.63, 3.8) is 0 Å². The molecule has 10 nitrogen and oxygen atoms in total. The average Bonchev–Trinajstić information content (AvgIpc) is 2.94. The molecule has 2 heterocycles. The largest absolute Gasteiger partial charge is 0.488 e. The number of ether oxygens (including phenoxy) is 2. The molecule has 4 rings (SSSR count). The summed E-state index contributed by atoms with van der Waals surface area (Å²) >= 11 is 0. The number of carbonyl (C=O) groups excluding carboxylic acids is 2. The molecule has 1 aliphatic heterocycles. The average molecular weight is 539 g/mol. The van der Waals surface area contributed by atoms with E-state index < -0.39 is 10.0 Å². The molecule has 1 aromatic heterocycles. The summed E-state index contributed by atoms with van der Waals surface area (Å²) in [5.41, 5.74) is 1.16. The van der Waals surface area contributed by atoms with E-state index in [1.54, 1.807) is 60.6 Å². The van der Waals surface area contributed by atoms with Gasteiger partial charge in [-0.05, 0) is 55.4 Å². The van der Waals surface area contributed by atoms with Gasteiger partial charge in [0.2, 0.25) is 21.8 Å². The van der Waals surface area contributed by atoms with Crippen LogP contribution in [0.3, 0.4) is 0 Å². The first-order chi connectivity index (χ1) is 18.3. The third-order valence-corrected chi connectivity index (χ3v) is 7.64. The lowest BCUT2D eigenvalue weighted by atomic mass is 10.1. The van der Waals surface area contributed by atoms with Gasteiger partial charge in [-0.2, -0.15) is 0 Å². The van der Waals surface area contributed by atoms with E-state index in [0.29, 0.717) is 43.1 Å². The summed E-state index contributed by atoms with van der Waals surface area (Å²) in [6.07, 6.45) is 2.23. The van der Waals surface area contributed by atoms with Crippen LogP contribution < -0.4 is 14.2 Å². The van der Waals surface area contributed by atoms with Gasteiger partial charge in [0.05, 0.1) is 11.4 Å². The Bertz CT molecular complexity index is 1390.